The number of fused-ring (bicyclic) bond motifs is 1. The number of benzene rings is 1. The van der Waals surface area contributed by atoms with Gasteiger partial charge in [0.1, 0.15) is 16.9 Å². The second kappa shape index (κ2) is 4.93. The molecule has 4 nitrogen and oxygen atoms in total. The largest absolute Gasteiger partial charge is 0.301 e. The molecule has 0 amide bonds. The zero-order valence-electron chi connectivity index (χ0n) is 9.90. The summed E-state index contributed by atoms with van der Waals surface area (Å²) >= 11 is 3.46. The Kier molecular flexibility index (Phi) is 3.13. The van der Waals surface area contributed by atoms with Gasteiger partial charge < -0.3 is 4.79 Å². The van der Waals surface area contributed by atoms with Gasteiger partial charge in [0.25, 0.3) is 0 Å². The number of carbonyl (C=O) groups excluding carboxylic acids is 1. The first kappa shape index (κ1) is 12.0. The highest BCUT2D eigenvalue weighted by atomic mass is 79.9. The molecule has 1 aliphatic rings. The molecule has 0 saturated carbocycles. The van der Waals surface area contributed by atoms with Gasteiger partial charge in [-0.05, 0) is 33.6 Å². The summed E-state index contributed by atoms with van der Waals surface area (Å²) < 4.78 is 0.720. The lowest BCUT2D eigenvalue weighted by atomic mass is 10.00. The van der Waals surface area contributed by atoms with Crippen LogP contribution in [0, 0.1) is 0 Å². The second-order valence-electron chi connectivity index (χ2n) is 4.11. The summed E-state index contributed by atoms with van der Waals surface area (Å²) in [7, 11) is 0. The molecule has 2 heterocycles. The quantitative estimate of drug-likeness (QED) is 0.800. The van der Waals surface area contributed by atoms with Gasteiger partial charge in [-0.2, -0.15) is 5.10 Å². The number of nitrogens with zero attached hydrogens (tertiary/aromatic N) is 3. The highest BCUT2D eigenvalue weighted by Crippen LogP contribution is 2.33. The highest BCUT2D eigenvalue weighted by Gasteiger charge is 2.28. The molecule has 94 valence electrons. The molecule has 1 aromatic carbocycles. The topological polar surface area (TPSA) is 45.6 Å². The fourth-order valence-corrected chi connectivity index (χ4v) is 2.66. The molecule has 19 heavy (non-hydrogen) atoms. The molecule has 0 saturated heterocycles. The van der Waals surface area contributed by atoms with Crippen molar-refractivity contribution in [1.29, 1.82) is 0 Å². The van der Waals surface area contributed by atoms with E-state index in [1.807, 2.05) is 36.4 Å². The Labute approximate surface area is 118 Å². The molecule has 3 rings (SSSR count). The molecule has 2 aromatic rings. The van der Waals surface area contributed by atoms with Gasteiger partial charge in [-0.15, -0.1) is 0 Å². The number of carbonyl (C=O) groups is 1. The third-order valence-electron chi connectivity index (χ3n) is 3.02. The number of halogens is 1. The number of aromatic nitrogens is 1. The predicted molar refractivity (Wildman–Crippen MR) is 77.4 cm³/mol. The second-order valence-corrected chi connectivity index (χ2v) is 4.86. The van der Waals surface area contributed by atoms with E-state index in [0.29, 0.717) is 0 Å². The number of hydrazone groups is 1. The Morgan fingerprint density at radius 2 is 1.89 bits per heavy atom. The molecule has 0 spiro atoms. The van der Waals surface area contributed by atoms with Crippen molar-refractivity contribution in [2.75, 3.05) is 5.01 Å². The van der Waals surface area contributed by atoms with Crippen molar-refractivity contribution in [3.05, 3.63) is 59.9 Å². The summed E-state index contributed by atoms with van der Waals surface area (Å²) in [4.78, 5) is 15.5. The van der Waals surface area contributed by atoms with Crippen LogP contribution in [0.2, 0.25) is 0 Å². The van der Waals surface area contributed by atoms with Gasteiger partial charge in [0.05, 0.1) is 5.69 Å². The minimum absolute atomic E-state index is 0.417. The lowest BCUT2D eigenvalue weighted by molar-refractivity contribution is -0.109. The molecule has 1 aromatic heterocycles. The molecule has 1 unspecified atom stereocenters. The first-order chi connectivity index (χ1) is 9.31. The average molecular weight is 316 g/mol. The van der Waals surface area contributed by atoms with Crippen LogP contribution in [0.15, 0.2) is 53.9 Å². The molecule has 5 heteroatoms. The minimum atomic E-state index is -0.417. The van der Waals surface area contributed by atoms with Gasteiger partial charge in [0.2, 0.25) is 0 Å². The number of anilines is 1. The average Bonchev–Trinajstić information content (AvgIpc) is 2.48. The van der Waals surface area contributed by atoms with E-state index in [1.165, 1.54) is 0 Å². The highest BCUT2D eigenvalue weighted by molar-refractivity contribution is 9.18. The van der Waals surface area contributed by atoms with Gasteiger partial charge >= 0.3 is 0 Å². The lowest BCUT2D eigenvalue weighted by Crippen LogP contribution is -2.30. The first-order valence-electron chi connectivity index (χ1n) is 5.79. The molecule has 0 aliphatic carbocycles. The van der Waals surface area contributed by atoms with Crippen LogP contribution in [-0.4, -0.2) is 15.9 Å². The smallest absolute Gasteiger partial charge is 0.149 e. The molecule has 0 N–H and O–H groups in total. The fraction of sp³-hybridized carbons (Fsp3) is 0.0714. The van der Waals surface area contributed by atoms with E-state index in [1.54, 1.807) is 17.4 Å². The standard InChI is InChI=1S/C14H10BrN3O/c15-14-12-4-2-1-3-11(12)13(9-19)18(17-14)10-5-7-16-8-6-10/h1-9,13H. The van der Waals surface area contributed by atoms with Crippen LogP contribution in [0.3, 0.4) is 0 Å². The zero-order chi connectivity index (χ0) is 13.2. The van der Waals surface area contributed by atoms with E-state index in [0.717, 1.165) is 27.7 Å². The van der Waals surface area contributed by atoms with Crippen molar-refractivity contribution in [3.8, 4) is 0 Å². The monoisotopic (exact) mass is 315 g/mol. The van der Waals surface area contributed by atoms with Crippen LogP contribution in [0.1, 0.15) is 17.2 Å². The van der Waals surface area contributed by atoms with Crippen molar-refractivity contribution in [2.24, 2.45) is 5.10 Å². The van der Waals surface area contributed by atoms with E-state index in [9.17, 15) is 4.79 Å². The Morgan fingerprint density at radius 3 is 2.63 bits per heavy atom. The van der Waals surface area contributed by atoms with Gasteiger partial charge in [0.15, 0.2) is 0 Å². The number of pyridine rings is 1. The summed E-state index contributed by atoms with van der Waals surface area (Å²) in [6, 6.07) is 11.0. The zero-order valence-corrected chi connectivity index (χ0v) is 11.5. The summed E-state index contributed by atoms with van der Waals surface area (Å²) in [5.74, 6) is 0. The van der Waals surface area contributed by atoms with E-state index < -0.39 is 6.04 Å². The molecule has 1 aliphatic heterocycles. The van der Waals surface area contributed by atoms with E-state index in [-0.39, 0.29) is 0 Å². The maximum atomic E-state index is 11.5. The molecule has 0 bridgehead atoms. The van der Waals surface area contributed by atoms with E-state index in [4.69, 9.17) is 0 Å². The van der Waals surface area contributed by atoms with Crippen LogP contribution in [0.25, 0.3) is 0 Å². The Morgan fingerprint density at radius 1 is 1.16 bits per heavy atom. The Hall–Kier alpha value is -2.01. The summed E-state index contributed by atoms with van der Waals surface area (Å²) in [5.41, 5.74) is 2.72. The summed E-state index contributed by atoms with van der Waals surface area (Å²) in [6.07, 6.45) is 4.27. The van der Waals surface area contributed by atoms with Crippen LogP contribution in [0.5, 0.6) is 0 Å². The minimum Gasteiger partial charge on any atom is -0.301 e. The van der Waals surface area contributed by atoms with Crippen molar-refractivity contribution >= 4 is 32.5 Å². The normalized spacial score (nSPS) is 17.6. The molecule has 1 atom stereocenters. The number of rotatable bonds is 2. The van der Waals surface area contributed by atoms with Crippen molar-refractivity contribution in [2.45, 2.75) is 6.04 Å². The van der Waals surface area contributed by atoms with Gasteiger partial charge in [0, 0.05) is 18.0 Å². The van der Waals surface area contributed by atoms with Crippen molar-refractivity contribution in [1.82, 2.24) is 4.98 Å². The number of hydrogen-bond acceptors (Lipinski definition) is 4. The van der Waals surface area contributed by atoms with Crippen LogP contribution < -0.4 is 5.01 Å². The third kappa shape index (κ3) is 2.06. The van der Waals surface area contributed by atoms with Crippen molar-refractivity contribution < 1.29 is 4.79 Å². The first-order valence-corrected chi connectivity index (χ1v) is 6.58. The molecular formula is C14H10BrN3O. The van der Waals surface area contributed by atoms with Crippen LogP contribution >= 0.6 is 15.9 Å². The SMILES string of the molecule is O=CC1c2ccccc2C(Br)=NN1c1ccncc1. The maximum absolute atomic E-state index is 11.5. The van der Waals surface area contributed by atoms with Crippen molar-refractivity contribution in [3.63, 3.8) is 0 Å². The van der Waals surface area contributed by atoms with E-state index in [2.05, 4.69) is 26.0 Å². The molecular weight excluding hydrogens is 306 g/mol. The van der Waals surface area contributed by atoms with Gasteiger partial charge in [-0.1, -0.05) is 24.3 Å². The Bertz CT molecular complexity index is 642. The predicted octanol–water partition coefficient (Wildman–Crippen LogP) is 2.90. The lowest BCUT2D eigenvalue weighted by Gasteiger charge is -2.31. The van der Waals surface area contributed by atoms with Gasteiger partial charge in [-0.25, -0.2) is 5.01 Å². The third-order valence-corrected chi connectivity index (χ3v) is 3.60. The fourth-order valence-electron chi connectivity index (χ4n) is 2.13. The molecule has 0 fully saturated rings. The molecule has 0 radical (unpaired) electrons. The number of hydrogen-bond donors (Lipinski definition) is 0. The number of aldehydes is 1. The maximum Gasteiger partial charge on any atom is 0.149 e. The summed E-state index contributed by atoms with van der Waals surface area (Å²) in [5, 5.41) is 6.15. The van der Waals surface area contributed by atoms with Crippen LogP contribution in [0.4, 0.5) is 5.69 Å². The van der Waals surface area contributed by atoms with Gasteiger partial charge in [-0.3, -0.25) is 4.98 Å². The summed E-state index contributed by atoms with van der Waals surface area (Å²) in [6.45, 7) is 0. The Balaban J connectivity index is 2.14. The van der Waals surface area contributed by atoms with Crippen LogP contribution in [-0.2, 0) is 4.79 Å². The van der Waals surface area contributed by atoms with E-state index >= 15 is 0 Å².